The Labute approximate surface area is 181 Å². The highest BCUT2D eigenvalue weighted by atomic mass is 32.1. The van der Waals surface area contributed by atoms with E-state index in [1.54, 1.807) is 4.90 Å². The molecule has 0 bridgehead atoms. The molecule has 1 aromatic heterocycles. The number of rotatable bonds is 6. The van der Waals surface area contributed by atoms with Crippen molar-refractivity contribution < 1.29 is 9.59 Å². The van der Waals surface area contributed by atoms with Crippen molar-refractivity contribution in [2.45, 2.75) is 33.1 Å². The van der Waals surface area contributed by atoms with Crippen molar-refractivity contribution in [1.82, 2.24) is 9.88 Å². The number of carbonyl (C=O) groups is 2. The van der Waals surface area contributed by atoms with Crippen molar-refractivity contribution in [2.24, 2.45) is 0 Å². The molecule has 3 heterocycles. The number of nitrogens with one attached hydrogen (secondary N) is 1. The van der Waals surface area contributed by atoms with Gasteiger partial charge >= 0.3 is 0 Å². The Kier molecular flexibility index (Phi) is 6.34. The maximum Gasteiger partial charge on any atom is 0.230 e. The molecule has 30 heavy (non-hydrogen) atoms. The lowest BCUT2D eigenvalue weighted by Crippen LogP contribution is -2.46. The minimum atomic E-state index is -0.0942. The molecule has 0 radical (unpaired) electrons. The topological polar surface area (TPSA) is 68.8 Å². The van der Waals surface area contributed by atoms with Crippen LogP contribution in [-0.4, -0.2) is 61.0 Å². The van der Waals surface area contributed by atoms with Crippen LogP contribution in [0.25, 0.3) is 0 Å². The Bertz CT molecular complexity index is 920. The number of nitrogens with zero attached hydrogens (tertiary/aromatic N) is 4. The quantitative estimate of drug-likeness (QED) is 0.768. The van der Waals surface area contributed by atoms with Gasteiger partial charge in [-0.2, -0.15) is 0 Å². The van der Waals surface area contributed by atoms with Crippen LogP contribution in [0.1, 0.15) is 31.0 Å². The highest BCUT2D eigenvalue weighted by molar-refractivity contribution is 7.14. The predicted octanol–water partition coefficient (Wildman–Crippen LogP) is 2.90. The van der Waals surface area contributed by atoms with Gasteiger partial charge in [-0.1, -0.05) is 6.92 Å². The summed E-state index contributed by atoms with van der Waals surface area (Å²) >= 11 is 1.43. The van der Waals surface area contributed by atoms with E-state index in [4.69, 9.17) is 0 Å². The number of carbonyl (C=O) groups excluding carboxylic acids is 2. The fraction of sp³-hybridized carbons (Fsp3) is 0.500. The van der Waals surface area contributed by atoms with Crippen molar-refractivity contribution >= 4 is 39.7 Å². The molecular weight excluding hydrogens is 398 g/mol. The number of anilines is 3. The smallest absolute Gasteiger partial charge is 0.230 e. The highest BCUT2D eigenvalue weighted by Crippen LogP contribution is 2.27. The van der Waals surface area contributed by atoms with E-state index >= 15 is 0 Å². The van der Waals surface area contributed by atoms with Gasteiger partial charge < -0.3 is 15.1 Å². The van der Waals surface area contributed by atoms with Crippen LogP contribution in [0.15, 0.2) is 23.6 Å². The molecule has 8 heteroatoms. The monoisotopic (exact) mass is 427 g/mol. The minimum Gasteiger partial charge on any atom is -0.369 e. The third kappa shape index (κ3) is 4.65. The molecule has 1 N–H and O–H groups in total. The third-order valence-corrected chi connectivity index (χ3v) is 6.74. The van der Waals surface area contributed by atoms with Crippen molar-refractivity contribution in [3.05, 3.63) is 34.8 Å². The van der Waals surface area contributed by atoms with Crippen LogP contribution in [0.2, 0.25) is 0 Å². The SMILES string of the molecule is CCN1CCN(c2ccc(NC(=O)Cc3csc(N4CCCC4=O)n3)cc2C)CC1. The van der Waals surface area contributed by atoms with Gasteiger partial charge in [0, 0.05) is 55.9 Å². The van der Waals surface area contributed by atoms with Crippen LogP contribution in [0.3, 0.4) is 0 Å². The number of aromatic nitrogens is 1. The fourth-order valence-corrected chi connectivity index (χ4v) is 4.98. The first kappa shape index (κ1) is 20.8. The number of benzene rings is 1. The van der Waals surface area contributed by atoms with E-state index < -0.39 is 0 Å². The van der Waals surface area contributed by atoms with Gasteiger partial charge in [-0.25, -0.2) is 4.98 Å². The molecular formula is C22H29N5O2S. The molecule has 0 aliphatic carbocycles. The summed E-state index contributed by atoms with van der Waals surface area (Å²) in [5.41, 5.74) is 3.91. The van der Waals surface area contributed by atoms with E-state index in [0.29, 0.717) is 17.2 Å². The maximum absolute atomic E-state index is 12.5. The van der Waals surface area contributed by atoms with Crippen LogP contribution < -0.4 is 15.1 Å². The van der Waals surface area contributed by atoms with Gasteiger partial charge in [0.1, 0.15) is 0 Å². The molecule has 0 saturated carbocycles. The second-order valence-electron chi connectivity index (χ2n) is 7.92. The summed E-state index contributed by atoms with van der Waals surface area (Å²) in [5.74, 6) is 0.0235. The lowest BCUT2D eigenvalue weighted by Gasteiger charge is -2.36. The first-order valence-electron chi connectivity index (χ1n) is 10.7. The first-order chi connectivity index (χ1) is 14.5. The standard InChI is InChI=1S/C22H29N5O2S/c1-3-25-9-11-26(12-10-25)19-7-6-17(13-16(19)2)23-20(28)14-18-15-30-22(24-18)27-8-4-5-21(27)29/h6-7,13,15H,3-5,8-12,14H2,1-2H3,(H,23,28). The van der Waals surface area contributed by atoms with Gasteiger partial charge in [0.05, 0.1) is 12.1 Å². The van der Waals surface area contributed by atoms with Crippen molar-refractivity contribution in [3.63, 3.8) is 0 Å². The zero-order chi connectivity index (χ0) is 21.1. The zero-order valence-corrected chi connectivity index (χ0v) is 18.5. The van der Waals surface area contributed by atoms with Crippen LogP contribution >= 0.6 is 11.3 Å². The summed E-state index contributed by atoms with van der Waals surface area (Å²) < 4.78 is 0. The summed E-state index contributed by atoms with van der Waals surface area (Å²) in [7, 11) is 0. The molecule has 0 spiro atoms. The molecule has 2 fully saturated rings. The van der Waals surface area contributed by atoms with E-state index in [-0.39, 0.29) is 18.2 Å². The van der Waals surface area contributed by atoms with Gasteiger partial charge in [-0.3, -0.25) is 14.5 Å². The first-order valence-corrected chi connectivity index (χ1v) is 11.5. The van der Waals surface area contributed by atoms with Crippen molar-refractivity contribution in [2.75, 3.05) is 54.4 Å². The van der Waals surface area contributed by atoms with E-state index in [1.165, 1.54) is 22.6 Å². The predicted molar refractivity (Wildman–Crippen MR) is 122 cm³/mol. The number of amides is 2. The second-order valence-corrected chi connectivity index (χ2v) is 8.75. The molecule has 2 aliphatic rings. The summed E-state index contributed by atoms with van der Waals surface area (Å²) in [6.07, 6.45) is 1.66. The Morgan fingerprint density at radius 1 is 1.20 bits per heavy atom. The molecule has 4 rings (SSSR count). The lowest BCUT2D eigenvalue weighted by atomic mass is 10.1. The Hall–Kier alpha value is -2.45. The number of hydrogen-bond donors (Lipinski definition) is 1. The van der Waals surface area contributed by atoms with Crippen molar-refractivity contribution in [1.29, 1.82) is 0 Å². The molecule has 7 nitrogen and oxygen atoms in total. The van der Waals surface area contributed by atoms with E-state index in [0.717, 1.165) is 51.4 Å². The van der Waals surface area contributed by atoms with Crippen molar-refractivity contribution in [3.8, 4) is 0 Å². The molecule has 2 aliphatic heterocycles. The Morgan fingerprint density at radius 2 is 2.00 bits per heavy atom. The summed E-state index contributed by atoms with van der Waals surface area (Å²) in [4.78, 5) is 35.4. The minimum absolute atomic E-state index is 0.0942. The normalized spacial score (nSPS) is 17.6. The number of aryl methyl sites for hydroxylation is 1. The van der Waals surface area contributed by atoms with E-state index in [1.807, 2.05) is 17.5 Å². The number of hydrogen-bond acceptors (Lipinski definition) is 6. The number of piperazine rings is 1. The molecule has 2 saturated heterocycles. The lowest BCUT2D eigenvalue weighted by molar-refractivity contribution is -0.117. The third-order valence-electron chi connectivity index (χ3n) is 5.83. The molecule has 0 unspecified atom stereocenters. The second kappa shape index (κ2) is 9.14. The van der Waals surface area contributed by atoms with Crippen LogP contribution in [0.5, 0.6) is 0 Å². The average Bonchev–Trinajstić information content (AvgIpc) is 3.36. The van der Waals surface area contributed by atoms with Gasteiger partial charge in [0.15, 0.2) is 5.13 Å². The Morgan fingerprint density at radius 3 is 2.67 bits per heavy atom. The molecule has 1 aromatic carbocycles. The van der Waals surface area contributed by atoms with Gasteiger partial charge in [0.25, 0.3) is 0 Å². The maximum atomic E-state index is 12.5. The highest BCUT2D eigenvalue weighted by Gasteiger charge is 2.24. The number of likely N-dealkylation sites (N-methyl/N-ethyl adjacent to an activating group) is 1. The molecule has 160 valence electrons. The average molecular weight is 428 g/mol. The van der Waals surface area contributed by atoms with Gasteiger partial charge in [-0.15, -0.1) is 11.3 Å². The largest absolute Gasteiger partial charge is 0.369 e. The van der Waals surface area contributed by atoms with E-state index in [9.17, 15) is 9.59 Å². The van der Waals surface area contributed by atoms with Crippen LogP contribution in [0, 0.1) is 6.92 Å². The summed E-state index contributed by atoms with van der Waals surface area (Å²) in [6.45, 7) is 10.4. The molecule has 0 atom stereocenters. The summed E-state index contributed by atoms with van der Waals surface area (Å²) in [6, 6.07) is 6.11. The molecule has 2 amide bonds. The van der Waals surface area contributed by atoms with E-state index in [2.05, 4.69) is 40.0 Å². The Balaban J connectivity index is 1.34. The van der Waals surface area contributed by atoms with Crippen LogP contribution in [0.4, 0.5) is 16.5 Å². The van der Waals surface area contributed by atoms with Crippen LogP contribution in [-0.2, 0) is 16.0 Å². The zero-order valence-electron chi connectivity index (χ0n) is 17.7. The van der Waals surface area contributed by atoms with Gasteiger partial charge in [0.2, 0.25) is 11.8 Å². The number of thiazole rings is 1. The molecule has 2 aromatic rings. The summed E-state index contributed by atoms with van der Waals surface area (Å²) in [5, 5.41) is 5.55. The fourth-order valence-electron chi connectivity index (χ4n) is 4.11. The van der Waals surface area contributed by atoms with Gasteiger partial charge in [-0.05, 0) is 43.7 Å².